The number of carbonyl (C=O) groups is 1. The molecule has 2 atom stereocenters. The Balaban J connectivity index is 1.74. The van der Waals surface area contributed by atoms with Gasteiger partial charge in [-0.15, -0.1) is 0 Å². The highest BCUT2D eigenvalue weighted by Crippen LogP contribution is 2.40. The molecule has 6 nitrogen and oxygen atoms in total. The Morgan fingerprint density at radius 3 is 3.09 bits per heavy atom. The molecule has 0 radical (unpaired) electrons. The molecule has 22 heavy (non-hydrogen) atoms. The maximum atomic E-state index is 12.3. The van der Waals surface area contributed by atoms with Gasteiger partial charge in [0.15, 0.2) is 0 Å². The van der Waals surface area contributed by atoms with Crippen LogP contribution in [0.2, 0.25) is 0 Å². The minimum Gasteiger partial charge on any atom is -0.444 e. The van der Waals surface area contributed by atoms with E-state index in [1.807, 2.05) is 33.0 Å². The molecule has 0 aliphatic carbocycles. The van der Waals surface area contributed by atoms with E-state index in [4.69, 9.17) is 9.47 Å². The van der Waals surface area contributed by atoms with Crippen molar-refractivity contribution < 1.29 is 14.3 Å². The third-order valence-electron chi connectivity index (χ3n) is 4.02. The first-order valence-electron chi connectivity index (χ1n) is 7.65. The molecule has 0 bridgehead atoms. The number of amides is 1. The zero-order valence-electron chi connectivity index (χ0n) is 13.3. The number of aromatic nitrogens is 1. The smallest absolute Gasteiger partial charge is 0.410 e. The Morgan fingerprint density at radius 1 is 1.59 bits per heavy atom. The topological polar surface area (TPSA) is 63.7 Å². The van der Waals surface area contributed by atoms with E-state index < -0.39 is 5.60 Å². The summed E-state index contributed by atoms with van der Waals surface area (Å²) in [5.41, 5.74) is -0.850. The largest absolute Gasteiger partial charge is 0.444 e. The average molecular weight is 325 g/mol. The summed E-state index contributed by atoms with van der Waals surface area (Å²) in [5.74, 6) is 0. The van der Waals surface area contributed by atoms with Gasteiger partial charge in [-0.2, -0.15) is 0 Å². The van der Waals surface area contributed by atoms with Crippen molar-refractivity contribution in [2.24, 2.45) is 0 Å². The zero-order valence-corrected chi connectivity index (χ0v) is 14.1. The summed E-state index contributed by atoms with van der Waals surface area (Å²) in [6, 6.07) is 2.11. The molecule has 1 aromatic heterocycles. The monoisotopic (exact) mass is 325 g/mol. The number of nitrogens with zero attached hydrogens (tertiary/aromatic N) is 2. The van der Waals surface area contributed by atoms with E-state index in [0.29, 0.717) is 19.7 Å². The van der Waals surface area contributed by atoms with Crippen molar-refractivity contribution in [1.82, 2.24) is 14.6 Å². The van der Waals surface area contributed by atoms with Crippen LogP contribution in [0.15, 0.2) is 12.3 Å². The molecule has 1 aromatic rings. The van der Waals surface area contributed by atoms with E-state index in [-0.39, 0.29) is 17.7 Å². The fourth-order valence-electron chi connectivity index (χ4n) is 3.10. The van der Waals surface area contributed by atoms with Crippen LogP contribution in [0.4, 0.5) is 4.79 Å². The van der Waals surface area contributed by atoms with Gasteiger partial charge in [0.2, 0.25) is 0 Å². The van der Waals surface area contributed by atoms with Crippen LogP contribution in [-0.4, -0.2) is 52.8 Å². The Bertz CT molecular complexity index is 529. The number of rotatable bonds is 1. The summed E-state index contributed by atoms with van der Waals surface area (Å²) in [4.78, 5) is 15.2. The Morgan fingerprint density at radius 2 is 2.41 bits per heavy atom. The number of likely N-dealkylation sites (tertiary alicyclic amines) is 1. The summed E-state index contributed by atoms with van der Waals surface area (Å²) >= 11 is 1.48. The summed E-state index contributed by atoms with van der Waals surface area (Å²) in [6.45, 7) is 8.35. The van der Waals surface area contributed by atoms with Crippen molar-refractivity contribution in [3.63, 3.8) is 0 Å². The quantitative estimate of drug-likeness (QED) is 0.857. The summed E-state index contributed by atoms with van der Waals surface area (Å²) in [6.07, 6.45) is 2.36. The summed E-state index contributed by atoms with van der Waals surface area (Å²) in [5, 5.41) is 3.53. The van der Waals surface area contributed by atoms with Gasteiger partial charge < -0.3 is 19.7 Å². The third-order valence-corrected chi connectivity index (χ3v) is 4.83. The van der Waals surface area contributed by atoms with Gasteiger partial charge in [0, 0.05) is 24.2 Å². The normalized spacial score (nSPS) is 29.0. The summed E-state index contributed by atoms with van der Waals surface area (Å²) < 4.78 is 15.8. The number of hydrogen-bond acceptors (Lipinski definition) is 6. The summed E-state index contributed by atoms with van der Waals surface area (Å²) in [7, 11) is 0. The second kappa shape index (κ2) is 5.79. The molecule has 2 aliphatic heterocycles. The third kappa shape index (κ3) is 3.11. The highest BCUT2D eigenvalue weighted by molar-refractivity contribution is 7.05. The molecule has 122 valence electrons. The van der Waals surface area contributed by atoms with Gasteiger partial charge in [-0.25, -0.2) is 9.17 Å². The highest BCUT2D eigenvalue weighted by Gasteiger charge is 2.50. The van der Waals surface area contributed by atoms with Crippen LogP contribution in [0.3, 0.4) is 0 Å². The Labute approximate surface area is 134 Å². The number of hydrogen-bond donors (Lipinski definition) is 1. The van der Waals surface area contributed by atoms with Gasteiger partial charge in [-0.05, 0) is 44.8 Å². The Hall–Kier alpha value is -1.18. The van der Waals surface area contributed by atoms with E-state index >= 15 is 0 Å². The molecule has 3 heterocycles. The second-order valence-corrected chi connectivity index (χ2v) is 7.73. The van der Waals surface area contributed by atoms with Crippen molar-refractivity contribution in [3.05, 3.63) is 17.1 Å². The highest BCUT2D eigenvalue weighted by atomic mass is 32.1. The molecule has 2 aliphatic rings. The van der Waals surface area contributed by atoms with Gasteiger partial charge in [0.05, 0.1) is 19.2 Å². The van der Waals surface area contributed by atoms with Gasteiger partial charge in [0.1, 0.15) is 11.2 Å². The Kier molecular flexibility index (Phi) is 4.13. The molecule has 1 N–H and O–H groups in total. The molecule has 0 saturated carbocycles. The van der Waals surface area contributed by atoms with Crippen LogP contribution in [0.1, 0.15) is 38.1 Å². The fourth-order valence-corrected chi connectivity index (χ4v) is 3.87. The van der Waals surface area contributed by atoms with Crippen LogP contribution < -0.4 is 5.32 Å². The lowest BCUT2D eigenvalue weighted by molar-refractivity contribution is -0.0893. The van der Waals surface area contributed by atoms with E-state index in [9.17, 15) is 4.79 Å². The molecule has 0 aromatic carbocycles. The lowest BCUT2D eigenvalue weighted by Crippen LogP contribution is -2.54. The van der Waals surface area contributed by atoms with Crippen LogP contribution in [0.5, 0.6) is 0 Å². The first kappa shape index (κ1) is 15.7. The first-order valence-corrected chi connectivity index (χ1v) is 8.43. The van der Waals surface area contributed by atoms with Crippen LogP contribution >= 0.6 is 11.5 Å². The zero-order chi connectivity index (χ0) is 15.8. The maximum Gasteiger partial charge on any atom is 0.410 e. The lowest BCUT2D eigenvalue weighted by Gasteiger charge is -2.41. The van der Waals surface area contributed by atoms with Gasteiger partial charge in [-0.1, -0.05) is 0 Å². The fraction of sp³-hybridized carbons (Fsp3) is 0.733. The van der Waals surface area contributed by atoms with Crippen LogP contribution in [0, 0.1) is 0 Å². The van der Waals surface area contributed by atoms with Crippen molar-refractivity contribution in [2.75, 3.05) is 26.2 Å². The molecule has 2 unspecified atom stereocenters. The van der Waals surface area contributed by atoms with E-state index in [1.54, 1.807) is 4.90 Å². The lowest BCUT2D eigenvalue weighted by atomic mass is 9.90. The van der Waals surface area contributed by atoms with E-state index in [1.165, 1.54) is 11.5 Å². The van der Waals surface area contributed by atoms with Crippen molar-refractivity contribution >= 4 is 17.6 Å². The minimum atomic E-state index is -0.477. The number of ether oxygens (including phenoxy) is 2. The average Bonchev–Trinajstić information content (AvgIpc) is 3.08. The molecule has 2 fully saturated rings. The molecule has 1 amide bonds. The minimum absolute atomic E-state index is 0.0844. The predicted octanol–water partition coefficient (Wildman–Crippen LogP) is 2.18. The van der Waals surface area contributed by atoms with Crippen molar-refractivity contribution in [3.8, 4) is 0 Å². The first-order chi connectivity index (χ1) is 10.4. The molecular formula is C15H23N3O3S. The molecule has 1 spiro atoms. The van der Waals surface area contributed by atoms with Gasteiger partial charge in [-0.3, -0.25) is 0 Å². The standard InChI is InChI=1S/C15H23N3O3S/c1-14(2,3)21-13(19)18-8-5-15(10-18)12(16-7-9-20-15)11-4-6-17-22-11/h4,6,12,16H,5,7-10H2,1-3H3. The number of nitrogens with one attached hydrogen (secondary N) is 1. The van der Waals surface area contributed by atoms with Gasteiger partial charge in [0.25, 0.3) is 0 Å². The maximum absolute atomic E-state index is 12.3. The molecule has 7 heteroatoms. The van der Waals surface area contributed by atoms with Crippen LogP contribution in [0.25, 0.3) is 0 Å². The predicted molar refractivity (Wildman–Crippen MR) is 84.0 cm³/mol. The van der Waals surface area contributed by atoms with Crippen LogP contribution in [-0.2, 0) is 9.47 Å². The SMILES string of the molecule is CC(C)(C)OC(=O)N1CCC2(C1)OCCNC2c1ccns1. The van der Waals surface area contributed by atoms with Crippen molar-refractivity contribution in [2.45, 2.75) is 44.4 Å². The second-order valence-electron chi connectivity index (χ2n) is 6.87. The van der Waals surface area contributed by atoms with E-state index in [2.05, 4.69) is 9.69 Å². The molecule has 2 saturated heterocycles. The van der Waals surface area contributed by atoms with E-state index in [0.717, 1.165) is 17.8 Å². The van der Waals surface area contributed by atoms with Crippen molar-refractivity contribution in [1.29, 1.82) is 0 Å². The van der Waals surface area contributed by atoms with Gasteiger partial charge >= 0.3 is 6.09 Å². The number of morpholine rings is 1. The molecular weight excluding hydrogens is 302 g/mol. The number of carbonyl (C=O) groups excluding carboxylic acids is 1. The molecule has 3 rings (SSSR count).